The van der Waals surface area contributed by atoms with E-state index in [2.05, 4.69) is 9.89 Å². The van der Waals surface area contributed by atoms with Crippen LogP contribution in [0.3, 0.4) is 0 Å². The number of esters is 1. The molecule has 1 unspecified atom stereocenters. The highest BCUT2D eigenvalue weighted by Crippen LogP contribution is 2.23. The van der Waals surface area contributed by atoms with Crippen molar-refractivity contribution >= 4 is 12.2 Å². The quantitative estimate of drug-likeness (QED) is 0.491. The SMILES string of the molecule is CCC1(C(=O)OCCN2CC2)C=CC=N1. The van der Waals surface area contributed by atoms with Gasteiger partial charge in [-0.1, -0.05) is 6.92 Å². The van der Waals surface area contributed by atoms with Gasteiger partial charge < -0.3 is 4.74 Å². The van der Waals surface area contributed by atoms with Gasteiger partial charge in [-0.25, -0.2) is 4.79 Å². The van der Waals surface area contributed by atoms with E-state index in [4.69, 9.17) is 4.74 Å². The van der Waals surface area contributed by atoms with Gasteiger partial charge in [0, 0.05) is 25.8 Å². The summed E-state index contributed by atoms with van der Waals surface area (Å²) in [6, 6.07) is 0. The summed E-state index contributed by atoms with van der Waals surface area (Å²) in [5.74, 6) is -0.225. The fourth-order valence-corrected chi connectivity index (χ4v) is 1.58. The van der Waals surface area contributed by atoms with Gasteiger partial charge in [-0.15, -0.1) is 0 Å². The second kappa shape index (κ2) is 4.14. The summed E-state index contributed by atoms with van der Waals surface area (Å²) < 4.78 is 5.23. The summed E-state index contributed by atoms with van der Waals surface area (Å²) in [4.78, 5) is 18.2. The van der Waals surface area contributed by atoms with Crippen LogP contribution in [-0.4, -0.2) is 48.9 Å². The van der Waals surface area contributed by atoms with E-state index in [1.165, 1.54) is 0 Å². The van der Waals surface area contributed by atoms with Crippen LogP contribution in [0.4, 0.5) is 0 Å². The number of allylic oxidation sites excluding steroid dienone is 1. The molecule has 2 heterocycles. The predicted molar refractivity (Wildman–Crippen MR) is 58.1 cm³/mol. The molecule has 1 fully saturated rings. The topological polar surface area (TPSA) is 41.7 Å². The molecule has 2 aliphatic heterocycles. The first-order chi connectivity index (χ1) is 7.27. The first-order valence-electron chi connectivity index (χ1n) is 5.39. The molecule has 0 spiro atoms. The van der Waals surface area contributed by atoms with Crippen molar-refractivity contribution in [2.45, 2.75) is 18.9 Å². The van der Waals surface area contributed by atoms with Gasteiger partial charge in [0.15, 0.2) is 5.54 Å². The molecule has 0 aliphatic carbocycles. The van der Waals surface area contributed by atoms with Crippen LogP contribution in [0, 0.1) is 0 Å². The molecule has 0 radical (unpaired) electrons. The average molecular weight is 208 g/mol. The van der Waals surface area contributed by atoms with Crippen LogP contribution >= 0.6 is 0 Å². The summed E-state index contributed by atoms with van der Waals surface area (Å²) in [6.45, 7) is 5.53. The van der Waals surface area contributed by atoms with E-state index in [1.54, 1.807) is 12.3 Å². The lowest BCUT2D eigenvalue weighted by Gasteiger charge is -2.20. The molecule has 4 nitrogen and oxygen atoms in total. The van der Waals surface area contributed by atoms with Crippen LogP contribution < -0.4 is 0 Å². The van der Waals surface area contributed by atoms with E-state index in [1.807, 2.05) is 13.0 Å². The molecular weight excluding hydrogens is 192 g/mol. The number of rotatable bonds is 5. The van der Waals surface area contributed by atoms with Crippen LogP contribution in [0.1, 0.15) is 13.3 Å². The Kier molecular flexibility index (Phi) is 2.86. The number of ether oxygens (including phenoxy) is 1. The van der Waals surface area contributed by atoms with E-state index < -0.39 is 5.54 Å². The third-order valence-electron chi connectivity index (χ3n) is 2.84. The van der Waals surface area contributed by atoms with Crippen molar-refractivity contribution in [3.8, 4) is 0 Å². The fourth-order valence-electron chi connectivity index (χ4n) is 1.58. The Labute approximate surface area is 89.6 Å². The Morgan fingerprint density at radius 3 is 2.93 bits per heavy atom. The van der Waals surface area contributed by atoms with Crippen LogP contribution in [-0.2, 0) is 9.53 Å². The average Bonchev–Trinajstić information content (AvgIpc) is 2.94. The molecule has 1 saturated heterocycles. The minimum atomic E-state index is -0.737. The third kappa shape index (κ3) is 2.26. The lowest BCUT2D eigenvalue weighted by molar-refractivity contribution is -0.148. The van der Waals surface area contributed by atoms with E-state index in [0.29, 0.717) is 13.0 Å². The van der Waals surface area contributed by atoms with Crippen molar-refractivity contribution in [2.75, 3.05) is 26.2 Å². The normalized spacial score (nSPS) is 28.3. The molecule has 0 aromatic carbocycles. The van der Waals surface area contributed by atoms with E-state index >= 15 is 0 Å². The van der Waals surface area contributed by atoms with Crippen molar-refractivity contribution in [1.82, 2.24) is 4.90 Å². The molecule has 15 heavy (non-hydrogen) atoms. The van der Waals surface area contributed by atoms with Crippen LogP contribution in [0.15, 0.2) is 17.1 Å². The predicted octanol–water partition coefficient (Wildman–Crippen LogP) is 0.635. The van der Waals surface area contributed by atoms with Gasteiger partial charge >= 0.3 is 5.97 Å². The van der Waals surface area contributed by atoms with Crippen molar-refractivity contribution in [3.05, 3.63) is 12.2 Å². The standard InChI is InChI=1S/C11H16N2O2/c1-2-11(4-3-5-12-11)10(14)15-9-8-13-6-7-13/h3-5H,2,6-9H2,1H3. The Morgan fingerprint density at radius 2 is 2.40 bits per heavy atom. The Hall–Kier alpha value is -1.16. The summed E-state index contributed by atoms with van der Waals surface area (Å²) in [7, 11) is 0. The monoisotopic (exact) mass is 208 g/mol. The second-order valence-electron chi connectivity index (χ2n) is 3.89. The highest BCUT2D eigenvalue weighted by molar-refractivity contribution is 5.91. The molecule has 0 N–H and O–H groups in total. The van der Waals surface area contributed by atoms with Gasteiger partial charge in [-0.05, 0) is 18.6 Å². The summed E-state index contributed by atoms with van der Waals surface area (Å²) >= 11 is 0. The maximum Gasteiger partial charge on any atom is 0.338 e. The van der Waals surface area contributed by atoms with Crippen molar-refractivity contribution < 1.29 is 9.53 Å². The zero-order valence-electron chi connectivity index (χ0n) is 8.98. The number of hydrogen-bond acceptors (Lipinski definition) is 4. The van der Waals surface area contributed by atoms with Gasteiger partial charge in [0.05, 0.1) is 0 Å². The Bertz CT molecular complexity index is 294. The molecule has 2 rings (SSSR count). The first kappa shape index (κ1) is 10.4. The lowest BCUT2D eigenvalue weighted by atomic mass is 9.98. The van der Waals surface area contributed by atoms with Gasteiger partial charge in [-0.2, -0.15) is 0 Å². The van der Waals surface area contributed by atoms with E-state index in [-0.39, 0.29) is 5.97 Å². The maximum atomic E-state index is 11.8. The fraction of sp³-hybridized carbons (Fsp3) is 0.636. The summed E-state index contributed by atoms with van der Waals surface area (Å²) in [5, 5.41) is 0. The van der Waals surface area contributed by atoms with Crippen LogP contribution in [0.2, 0.25) is 0 Å². The summed E-state index contributed by atoms with van der Waals surface area (Å²) in [5.41, 5.74) is -0.737. The number of carbonyl (C=O) groups is 1. The minimum Gasteiger partial charge on any atom is -0.462 e. The summed E-state index contributed by atoms with van der Waals surface area (Å²) in [6.07, 6.45) is 5.93. The molecule has 0 aromatic rings. The molecule has 2 aliphatic rings. The van der Waals surface area contributed by atoms with Crippen LogP contribution in [0.25, 0.3) is 0 Å². The molecule has 1 atom stereocenters. The van der Waals surface area contributed by atoms with Crippen LogP contribution in [0.5, 0.6) is 0 Å². The van der Waals surface area contributed by atoms with E-state index in [9.17, 15) is 4.79 Å². The van der Waals surface area contributed by atoms with Gasteiger partial charge in [0.2, 0.25) is 0 Å². The number of hydrogen-bond donors (Lipinski definition) is 0. The van der Waals surface area contributed by atoms with Crippen molar-refractivity contribution in [3.63, 3.8) is 0 Å². The van der Waals surface area contributed by atoms with Gasteiger partial charge in [0.25, 0.3) is 0 Å². The number of carbonyl (C=O) groups excluding carboxylic acids is 1. The lowest BCUT2D eigenvalue weighted by Crippen LogP contribution is -2.35. The highest BCUT2D eigenvalue weighted by atomic mass is 16.5. The van der Waals surface area contributed by atoms with Gasteiger partial charge in [0.1, 0.15) is 6.61 Å². The largest absolute Gasteiger partial charge is 0.462 e. The highest BCUT2D eigenvalue weighted by Gasteiger charge is 2.36. The van der Waals surface area contributed by atoms with Crippen molar-refractivity contribution in [1.29, 1.82) is 0 Å². The molecule has 4 heteroatoms. The first-order valence-corrected chi connectivity index (χ1v) is 5.39. The van der Waals surface area contributed by atoms with E-state index in [0.717, 1.165) is 19.6 Å². The number of aliphatic imine (C=N–C) groups is 1. The molecule has 82 valence electrons. The molecule has 0 bridgehead atoms. The third-order valence-corrected chi connectivity index (χ3v) is 2.84. The minimum absolute atomic E-state index is 0.225. The zero-order valence-corrected chi connectivity index (χ0v) is 8.98. The smallest absolute Gasteiger partial charge is 0.338 e. The number of nitrogens with zero attached hydrogens (tertiary/aromatic N) is 2. The van der Waals surface area contributed by atoms with Crippen molar-refractivity contribution in [2.24, 2.45) is 4.99 Å². The molecular formula is C11H16N2O2. The Balaban J connectivity index is 1.82. The zero-order chi connectivity index (χ0) is 10.7. The molecule has 0 amide bonds. The molecule has 0 saturated carbocycles. The van der Waals surface area contributed by atoms with Gasteiger partial charge in [-0.3, -0.25) is 9.89 Å². The Morgan fingerprint density at radius 1 is 1.60 bits per heavy atom. The maximum absolute atomic E-state index is 11.8. The second-order valence-corrected chi connectivity index (χ2v) is 3.89. The molecule has 0 aromatic heterocycles.